The van der Waals surface area contributed by atoms with Gasteiger partial charge >= 0.3 is 0 Å². The van der Waals surface area contributed by atoms with Crippen molar-refractivity contribution >= 4 is 5.91 Å². The maximum Gasteiger partial charge on any atom is 0.227 e. The summed E-state index contributed by atoms with van der Waals surface area (Å²) in [6, 6.07) is 0.308. The number of carbonyl (C=O) groups is 1. The largest absolute Gasteiger partial charge is 0.353 e. The van der Waals surface area contributed by atoms with E-state index >= 15 is 0 Å². The van der Waals surface area contributed by atoms with Gasteiger partial charge in [-0.1, -0.05) is 51.4 Å². The molecule has 1 atom stereocenters. The molecule has 0 bridgehead atoms. The van der Waals surface area contributed by atoms with Crippen molar-refractivity contribution in [2.75, 3.05) is 6.54 Å². The van der Waals surface area contributed by atoms with Gasteiger partial charge in [0.1, 0.15) is 0 Å². The van der Waals surface area contributed by atoms with Gasteiger partial charge in [-0.15, -0.1) is 0 Å². The van der Waals surface area contributed by atoms with Crippen molar-refractivity contribution in [3.63, 3.8) is 0 Å². The van der Waals surface area contributed by atoms with E-state index in [-0.39, 0.29) is 11.3 Å². The Kier molecular flexibility index (Phi) is 6.53. The lowest BCUT2D eigenvalue weighted by Crippen LogP contribution is -2.50. The Labute approximate surface area is 130 Å². The van der Waals surface area contributed by atoms with E-state index in [0.29, 0.717) is 18.5 Å². The highest BCUT2D eigenvalue weighted by Gasteiger charge is 2.38. The van der Waals surface area contributed by atoms with E-state index in [2.05, 4.69) is 12.2 Å². The first-order chi connectivity index (χ1) is 10.2. The quantitative estimate of drug-likeness (QED) is 0.776. The van der Waals surface area contributed by atoms with Crippen LogP contribution in [0, 0.1) is 11.3 Å². The average Bonchev–Trinajstić information content (AvgIpc) is 2.90. The zero-order valence-electron chi connectivity index (χ0n) is 13.8. The van der Waals surface area contributed by atoms with Crippen LogP contribution in [0.15, 0.2) is 0 Å². The first-order valence-electron chi connectivity index (χ1n) is 9.19. The molecule has 3 heteroatoms. The molecule has 3 N–H and O–H groups in total. The summed E-state index contributed by atoms with van der Waals surface area (Å²) in [6.07, 6.45) is 14.7. The van der Waals surface area contributed by atoms with Crippen LogP contribution in [0.25, 0.3) is 0 Å². The third-order valence-corrected chi connectivity index (χ3v) is 5.90. The van der Waals surface area contributed by atoms with E-state index in [0.717, 1.165) is 25.7 Å². The molecule has 0 saturated heterocycles. The fraction of sp³-hybridized carbons (Fsp3) is 0.944. The molecule has 2 aliphatic rings. The molecule has 1 amide bonds. The molecule has 2 rings (SSSR count). The van der Waals surface area contributed by atoms with Gasteiger partial charge in [0.2, 0.25) is 5.91 Å². The van der Waals surface area contributed by atoms with Crippen LogP contribution in [0.5, 0.6) is 0 Å². The van der Waals surface area contributed by atoms with Crippen LogP contribution in [-0.4, -0.2) is 18.5 Å². The van der Waals surface area contributed by atoms with Crippen LogP contribution in [0.2, 0.25) is 0 Å². The fourth-order valence-corrected chi connectivity index (χ4v) is 4.22. The smallest absolute Gasteiger partial charge is 0.227 e. The Morgan fingerprint density at radius 1 is 1.05 bits per heavy atom. The molecule has 0 aliphatic heterocycles. The maximum absolute atomic E-state index is 12.9. The Bertz CT molecular complexity index is 313. The number of amides is 1. The highest BCUT2D eigenvalue weighted by molar-refractivity contribution is 5.83. The molecule has 0 heterocycles. The molecule has 0 aromatic heterocycles. The summed E-state index contributed by atoms with van der Waals surface area (Å²) >= 11 is 0. The zero-order chi connectivity index (χ0) is 15.1. The highest BCUT2D eigenvalue weighted by Crippen LogP contribution is 2.35. The molecule has 2 aliphatic carbocycles. The fourth-order valence-electron chi connectivity index (χ4n) is 4.22. The summed E-state index contributed by atoms with van der Waals surface area (Å²) in [4.78, 5) is 12.9. The molecule has 2 saturated carbocycles. The molecular formula is C18H34N2O. The van der Waals surface area contributed by atoms with Gasteiger partial charge in [0, 0.05) is 12.6 Å². The number of nitrogens with one attached hydrogen (secondary N) is 1. The van der Waals surface area contributed by atoms with E-state index in [9.17, 15) is 4.79 Å². The average molecular weight is 294 g/mol. The molecular weight excluding hydrogens is 260 g/mol. The van der Waals surface area contributed by atoms with Crippen molar-refractivity contribution in [1.29, 1.82) is 0 Å². The standard InChI is InChI=1S/C18H34N2O/c1-15(16-10-6-2-3-7-11-16)20-17(21)18(14-19)12-8-4-5-9-13-18/h15-16H,2-14,19H2,1H3,(H,20,21)/t15-/m1/s1. The van der Waals surface area contributed by atoms with Crippen molar-refractivity contribution in [2.45, 2.75) is 90.0 Å². The van der Waals surface area contributed by atoms with Gasteiger partial charge < -0.3 is 11.1 Å². The van der Waals surface area contributed by atoms with E-state index in [1.807, 2.05) is 0 Å². The highest BCUT2D eigenvalue weighted by atomic mass is 16.2. The van der Waals surface area contributed by atoms with E-state index < -0.39 is 0 Å². The predicted octanol–water partition coefficient (Wildman–Crippen LogP) is 3.76. The zero-order valence-corrected chi connectivity index (χ0v) is 13.8. The SMILES string of the molecule is C[C@@H](NC(=O)C1(CN)CCCCCC1)C1CCCCCC1. The molecule has 0 spiro atoms. The number of hydrogen-bond donors (Lipinski definition) is 2. The minimum Gasteiger partial charge on any atom is -0.353 e. The second-order valence-corrected chi connectivity index (χ2v) is 7.41. The van der Waals surface area contributed by atoms with Crippen LogP contribution >= 0.6 is 0 Å². The van der Waals surface area contributed by atoms with Gasteiger partial charge in [-0.3, -0.25) is 4.79 Å². The van der Waals surface area contributed by atoms with Crippen LogP contribution in [0.1, 0.15) is 84.0 Å². The summed E-state index contributed by atoms with van der Waals surface area (Å²) in [7, 11) is 0. The lowest BCUT2D eigenvalue weighted by molar-refractivity contribution is -0.132. The molecule has 21 heavy (non-hydrogen) atoms. The molecule has 0 radical (unpaired) electrons. The van der Waals surface area contributed by atoms with Gasteiger partial charge in [0.25, 0.3) is 0 Å². The van der Waals surface area contributed by atoms with Gasteiger partial charge in [0.05, 0.1) is 5.41 Å². The van der Waals surface area contributed by atoms with Crippen LogP contribution < -0.4 is 11.1 Å². The Balaban J connectivity index is 1.94. The molecule has 0 unspecified atom stereocenters. The van der Waals surface area contributed by atoms with Crippen molar-refractivity contribution in [3.05, 3.63) is 0 Å². The minimum atomic E-state index is -0.282. The Morgan fingerprint density at radius 3 is 2.10 bits per heavy atom. The molecule has 0 aromatic carbocycles. The van der Waals surface area contributed by atoms with Crippen molar-refractivity contribution < 1.29 is 4.79 Å². The summed E-state index contributed by atoms with van der Waals surface area (Å²) in [6.45, 7) is 2.71. The first kappa shape index (κ1) is 16.8. The maximum atomic E-state index is 12.9. The number of carbonyl (C=O) groups excluding carboxylic acids is 1. The Hall–Kier alpha value is -0.570. The van der Waals surface area contributed by atoms with Gasteiger partial charge in [-0.05, 0) is 38.5 Å². The van der Waals surface area contributed by atoms with Gasteiger partial charge in [-0.2, -0.15) is 0 Å². The second kappa shape index (κ2) is 8.17. The number of rotatable bonds is 4. The number of nitrogens with two attached hydrogens (primary N) is 1. The molecule has 122 valence electrons. The topological polar surface area (TPSA) is 55.1 Å². The van der Waals surface area contributed by atoms with E-state index in [1.54, 1.807) is 0 Å². The van der Waals surface area contributed by atoms with Crippen LogP contribution in [0.4, 0.5) is 0 Å². The van der Waals surface area contributed by atoms with Crippen molar-refractivity contribution in [2.24, 2.45) is 17.1 Å². The summed E-state index contributed by atoms with van der Waals surface area (Å²) in [5.74, 6) is 0.903. The van der Waals surface area contributed by atoms with E-state index in [1.165, 1.54) is 51.4 Å². The predicted molar refractivity (Wildman–Crippen MR) is 88.0 cm³/mol. The van der Waals surface area contributed by atoms with Crippen LogP contribution in [-0.2, 0) is 4.79 Å². The van der Waals surface area contributed by atoms with Crippen molar-refractivity contribution in [1.82, 2.24) is 5.32 Å². The van der Waals surface area contributed by atoms with Gasteiger partial charge in [-0.25, -0.2) is 0 Å². The monoisotopic (exact) mass is 294 g/mol. The van der Waals surface area contributed by atoms with Crippen LogP contribution in [0.3, 0.4) is 0 Å². The van der Waals surface area contributed by atoms with Crippen molar-refractivity contribution in [3.8, 4) is 0 Å². The van der Waals surface area contributed by atoms with E-state index in [4.69, 9.17) is 5.73 Å². The lowest BCUT2D eigenvalue weighted by atomic mass is 9.79. The number of hydrogen-bond acceptors (Lipinski definition) is 2. The second-order valence-electron chi connectivity index (χ2n) is 7.41. The first-order valence-corrected chi connectivity index (χ1v) is 9.19. The third-order valence-electron chi connectivity index (χ3n) is 5.90. The third kappa shape index (κ3) is 4.45. The minimum absolute atomic E-state index is 0.239. The lowest BCUT2D eigenvalue weighted by Gasteiger charge is -2.33. The molecule has 0 aromatic rings. The Morgan fingerprint density at radius 2 is 1.57 bits per heavy atom. The molecule has 2 fully saturated rings. The normalized spacial score (nSPS) is 25.6. The summed E-state index contributed by atoms with van der Waals surface area (Å²) in [5.41, 5.74) is 5.74. The molecule has 3 nitrogen and oxygen atoms in total. The summed E-state index contributed by atoms with van der Waals surface area (Å²) < 4.78 is 0. The van der Waals surface area contributed by atoms with Gasteiger partial charge in [0.15, 0.2) is 0 Å². The summed E-state index contributed by atoms with van der Waals surface area (Å²) in [5, 5.41) is 3.35.